The van der Waals surface area contributed by atoms with Gasteiger partial charge in [-0.25, -0.2) is 4.79 Å². The van der Waals surface area contributed by atoms with E-state index >= 15 is 0 Å². The van der Waals surface area contributed by atoms with E-state index in [1.54, 1.807) is 18.2 Å². The molecule has 0 aliphatic rings. The Morgan fingerprint density at radius 1 is 1.12 bits per heavy atom. The first-order valence-corrected chi connectivity index (χ1v) is 8.02. The third-order valence-corrected chi connectivity index (χ3v) is 4.02. The van der Waals surface area contributed by atoms with E-state index in [0.717, 1.165) is 12.0 Å². The molecule has 1 aromatic heterocycles. The van der Waals surface area contributed by atoms with Crippen LogP contribution >= 0.6 is 0 Å². The molecule has 0 aliphatic carbocycles. The van der Waals surface area contributed by atoms with Gasteiger partial charge in [-0.05, 0) is 31.0 Å². The van der Waals surface area contributed by atoms with Crippen molar-refractivity contribution in [3.63, 3.8) is 0 Å². The molecule has 0 fully saturated rings. The van der Waals surface area contributed by atoms with Gasteiger partial charge in [0.1, 0.15) is 11.3 Å². The van der Waals surface area contributed by atoms with E-state index in [1.165, 1.54) is 18.7 Å². The molecule has 1 heterocycles. The molecule has 0 saturated heterocycles. The smallest absolute Gasteiger partial charge is 0.337 e. The number of methoxy groups -OCH3 is 1. The molecule has 0 radical (unpaired) electrons. The molecule has 25 heavy (non-hydrogen) atoms. The summed E-state index contributed by atoms with van der Waals surface area (Å²) in [5.74, 6) is 0.266. The highest BCUT2D eigenvalue weighted by molar-refractivity contribution is 6.05. The number of carbonyl (C=O) groups excluding carboxylic acids is 1. The van der Waals surface area contributed by atoms with Crippen LogP contribution in [0.2, 0.25) is 0 Å². The minimum Gasteiger partial charge on any atom is -0.497 e. The average Bonchev–Trinajstić information content (AvgIpc) is 2.62. The van der Waals surface area contributed by atoms with Crippen molar-refractivity contribution in [2.24, 2.45) is 0 Å². The summed E-state index contributed by atoms with van der Waals surface area (Å²) < 4.78 is 10.3. The predicted octanol–water partition coefficient (Wildman–Crippen LogP) is 3.08. The van der Waals surface area contributed by atoms with Crippen molar-refractivity contribution < 1.29 is 13.9 Å². The van der Waals surface area contributed by atoms with Crippen LogP contribution in [0.25, 0.3) is 11.0 Å². The highest BCUT2D eigenvalue weighted by Gasteiger charge is 2.13. The number of hydrogen-bond acceptors (Lipinski definition) is 4. The summed E-state index contributed by atoms with van der Waals surface area (Å²) in [6.45, 7) is 2.52. The standard InChI is InChI=1S/C20H19NO4/c1-13-3-5-14(6-4-13)9-10-21-20(23)17-12-19(22)25-18-11-15(24-2)7-8-16(17)18/h3-8,11-12H,9-10H2,1-2H3,(H,21,23). The van der Waals surface area contributed by atoms with Crippen LogP contribution in [0.4, 0.5) is 0 Å². The molecular formula is C20H19NO4. The van der Waals surface area contributed by atoms with Crippen LogP contribution in [-0.4, -0.2) is 19.6 Å². The molecule has 0 atom stereocenters. The zero-order valence-corrected chi connectivity index (χ0v) is 14.2. The molecule has 0 spiro atoms. The van der Waals surface area contributed by atoms with E-state index in [-0.39, 0.29) is 5.91 Å². The van der Waals surface area contributed by atoms with E-state index in [1.807, 2.05) is 31.2 Å². The largest absolute Gasteiger partial charge is 0.497 e. The third kappa shape index (κ3) is 3.88. The third-order valence-electron chi connectivity index (χ3n) is 4.02. The Bertz CT molecular complexity index is 958. The van der Waals surface area contributed by atoms with Crippen molar-refractivity contribution in [1.82, 2.24) is 5.32 Å². The van der Waals surface area contributed by atoms with Crippen molar-refractivity contribution in [1.29, 1.82) is 0 Å². The van der Waals surface area contributed by atoms with Crippen LogP contribution in [0.5, 0.6) is 5.75 Å². The van der Waals surface area contributed by atoms with Crippen LogP contribution in [0.1, 0.15) is 21.5 Å². The number of ether oxygens (including phenoxy) is 1. The van der Waals surface area contributed by atoms with Crippen LogP contribution in [-0.2, 0) is 6.42 Å². The topological polar surface area (TPSA) is 68.5 Å². The van der Waals surface area contributed by atoms with Gasteiger partial charge in [-0.15, -0.1) is 0 Å². The number of rotatable bonds is 5. The SMILES string of the molecule is COc1ccc2c(C(=O)NCCc3ccc(C)cc3)cc(=O)oc2c1. The molecule has 0 unspecified atom stereocenters. The zero-order valence-electron chi connectivity index (χ0n) is 14.2. The molecule has 0 aliphatic heterocycles. The number of carbonyl (C=O) groups is 1. The minimum absolute atomic E-state index is 0.296. The second-order valence-corrected chi connectivity index (χ2v) is 5.83. The molecule has 3 aromatic rings. The van der Waals surface area contributed by atoms with Crippen molar-refractivity contribution in [2.45, 2.75) is 13.3 Å². The lowest BCUT2D eigenvalue weighted by Crippen LogP contribution is -2.26. The summed E-state index contributed by atoms with van der Waals surface area (Å²) in [7, 11) is 1.53. The number of aryl methyl sites for hydroxylation is 1. The van der Waals surface area contributed by atoms with E-state index in [0.29, 0.717) is 28.8 Å². The quantitative estimate of drug-likeness (QED) is 0.727. The number of hydrogen-bond donors (Lipinski definition) is 1. The molecule has 0 bridgehead atoms. The minimum atomic E-state index is -0.565. The average molecular weight is 337 g/mol. The monoisotopic (exact) mass is 337 g/mol. The molecule has 128 valence electrons. The van der Waals surface area contributed by atoms with Gasteiger partial charge in [0, 0.05) is 24.1 Å². The van der Waals surface area contributed by atoms with Gasteiger partial charge in [0.2, 0.25) is 0 Å². The van der Waals surface area contributed by atoms with Gasteiger partial charge < -0.3 is 14.5 Å². The fourth-order valence-corrected chi connectivity index (χ4v) is 2.63. The van der Waals surface area contributed by atoms with E-state index < -0.39 is 5.63 Å². The summed E-state index contributed by atoms with van der Waals surface area (Å²) in [4.78, 5) is 24.2. The number of benzene rings is 2. The summed E-state index contributed by atoms with van der Waals surface area (Å²) in [6.07, 6.45) is 0.721. The van der Waals surface area contributed by atoms with Crippen molar-refractivity contribution >= 4 is 16.9 Å². The van der Waals surface area contributed by atoms with Gasteiger partial charge >= 0.3 is 5.63 Å². The Balaban J connectivity index is 1.77. The first-order valence-electron chi connectivity index (χ1n) is 8.02. The van der Waals surface area contributed by atoms with E-state index in [4.69, 9.17) is 9.15 Å². The first-order chi connectivity index (χ1) is 12.1. The molecule has 0 saturated carbocycles. The normalized spacial score (nSPS) is 10.6. The summed E-state index contributed by atoms with van der Waals surface area (Å²) in [5.41, 5.74) is 2.41. The maximum atomic E-state index is 12.5. The van der Waals surface area contributed by atoms with Gasteiger partial charge in [-0.2, -0.15) is 0 Å². The Kier molecular flexibility index (Phi) is 4.84. The van der Waals surface area contributed by atoms with E-state index in [2.05, 4.69) is 5.32 Å². The Hall–Kier alpha value is -3.08. The number of nitrogens with one attached hydrogen (secondary N) is 1. The lowest BCUT2D eigenvalue weighted by Gasteiger charge is -2.08. The predicted molar refractivity (Wildman–Crippen MR) is 96.3 cm³/mol. The second kappa shape index (κ2) is 7.21. The van der Waals surface area contributed by atoms with Crippen LogP contribution in [0.3, 0.4) is 0 Å². The maximum Gasteiger partial charge on any atom is 0.337 e. The lowest BCUT2D eigenvalue weighted by atomic mass is 10.1. The molecule has 5 nitrogen and oxygen atoms in total. The van der Waals surface area contributed by atoms with Crippen LogP contribution < -0.4 is 15.7 Å². The molecule has 1 amide bonds. The highest BCUT2D eigenvalue weighted by Crippen LogP contribution is 2.22. The van der Waals surface area contributed by atoms with E-state index in [9.17, 15) is 9.59 Å². The molecule has 2 aromatic carbocycles. The molecule has 5 heteroatoms. The van der Waals surface area contributed by atoms with Crippen LogP contribution in [0.15, 0.2) is 57.7 Å². The summed E-state index contributed by atoms with van der Waals surface area (Å²) in [5, 5.41) is 3.44. The molecule has 1 N–H and O–H groups in total. The van der Waals surface area contributed by atoms with Gasteiger partial charge in [0.25, 0.3) is 5.91 Å². The molecular weight excluding hydrogens is 318 g/mol. The fraction of sp³-hybridized carbons (Fsp3) is 0.200. The Morgan fingerprint density at radius 3 is 2.60 bits per heavy atom. The number of amides is 1. The summed E-state index contributed by atoms with van der Waals surface area (Å²) >= 11 is 0. The van der Waals surface area contributed by atoms with Crippen molar-refractivity contribution in [3.8, 4) is 5.75 Å². The lowest BCUT2D eigenvalue weighted by molar-refractivity contribution is 0.0955. The van der Waals surface area contributed by atoms with Gasteiger partial charge in [-0.1, -0.05) is 29.8 Å². The second-order valence-electron chi connectivity index (χ2n) is 5.83. The maximum absolute atomic E-state index is 12.5. The van der Waals surface area contributed by atoms with Crippen molar-refractivity contribution in [2.75, 3.05) is 13.7 Å². The van der Waals surface area contributed by atoms with Crippen LogP contribution in [0, 0.1) is 6.92 Å². The molecule has 3 rings (SSSR count). The van der Waals surface area contributed by atoms with Gasteiger partial charge in [0.05, 0.1) is 12.7 Å². The van der Waals surface area contributed by atoms with Gasteiger partial charge in [0.15, 0.2) is 0 Å². The fourth-order valence-electron chi connectivity index (χ4n) is 2.63. The van der Waals surface area contributed by atoms with Gasteiger partial charge in [-0.3, -0.25) is 4.79 Å². The number of fused-ring (bicyclic) bond motifs is 1. The first kappa shape index (κ1) is 16.8. The zero-order chi connectivity index (χ0) is 17.8. The Labute approximate surface area is 145 Å². The Morgan fingerprint density at radius 2 is 1.88 bits per heavy atom. The summed E-state index contributed by atoms with van der Waals surface area (Å²) in [6, 6.07) is 14.4. The van der Waals surface area contributed by atoms with Crippen molar-refractivity contribution in [3.05, 3.63) is 75.6 Å². The highest BCUT2D eigenvalue weighted by atomic mass is 16.5.